The molecule has 98 valence electrons. The van der Waals surface area contributed by atoms with Crippen molar-refractivity contribution in [3.8, 4) is 0 Å². The maximum absolute atomic E-state index is 11.7. The number of halogens is 1. The number of hydrogen-bond donors (Lipinski definition) is 2. The first-order chi connectivity index (χ1) is 8.60. The van der Waals surface area contributed by atoms with Gasteiger partial charge in [0.15, 0.2) is 0 Å². The highest BCUT2D eigenvalue weighted by Gasteiger charge is 2.24. The minimum absolute atomic E-state index is 0.0661. The zero-order valence-corrected chi connectivity index (χ0v) is 12.0. The fourth-order valence-electron chi connectivity index (χ4n) is 2.16. The standard InChI is InChI=1S/C13H18BrN3O/c1-9-2-3-11(6-12(9)14)17-7-10(4-5-15)16-13(18)8-17/h2-3,6,10H,4-5,7-8,15H2,1H3,(H,16,18). The van der Waals surface area contributed by atoms with Crippen LogP contribution in [0.5, 0.6) is 0 Å². The Labute approximate surface area is 116 Å². The van der Waals surface area contributed by atoms with Gasteiger partial charge in [-0.15, -0.1) is 0 Å². The molecular formula is C13H18BrN3O. The van der Waals surface area contributed by atoms with Gasteiger partial charge in [0.1, 0.15) is 0 Å². The van der Waals surface area contributed by atoms with E-state index in [4.69, 9.17) is 5.73 Å². The highest BCUT2D eigenvalue weighted by atomic mass is 79.9. The van der Waals surface area contributed by atoms with Crippen LogP contribution < -0.4 is 16.0 Å². The second-order valence-electron chi connectivity index (χ2n) is 4.66. The number of nitrogens with two attached hydrogens (primary N) is 1. The maximum atomic E-state index is 11.7. The van der Waals surface area contributed by atoms with Gasteiger partial charge in [0, 0.05) is 22.7 Å². The van der Waals surface area contributed by atoms with Gasteiger partial charge in [-0.25, -0.2) is 0 Å². The molecular weight excluding hydrogens is 294 g/mol. The lowest BCUT2D eigenvalue weighted by Gasteiger charge is -2.34. The number of hydrogen-bond acceptors (Lipinski definition) is 3. The van der Waals surface area contributed by atoms with E-state index in [1.807, 2.05) is 6.92 Å². The van der Waals surface area contributed by atoms with Crippen molar-refractivity contribution in [1.82, 2.24) is 5.32 Å². The fraction of sp³-hybridized carbons (Fsp3) is 0.462. The van der Waals surface area contributed by atoms with Crippen LogP contribution in [0.4, 0.5) is 5.69 Å². The average Bonchev–Trinajstić information content (AvgIpc) is 2.32. The van der Waals surface area contributed by atoms with Gasteiger partial charge in [-0.05, 0) is 37.6 Å². The number of piperazine rings is 1. The first kappa shape index (κ1) is 13.4. The van der Waals surface area contributed by atoms with Crippen LogP contribution >= 0.6 is 15.9 Å². The number of anilines is 1. The van der Waals surface area contributed by atoms with E-state index < -0.39 is 0 Å². The van der Waals surface area contributed by atoms with E-state index in [0.717, 1.165) is 23.1 Å². The largest absolute Gasteiger partial charge is 0.360 e. The summed E-state index contributed by atoms with van der Waals surface area (Å²) in [5, 5.41) is 2.97. The van der Waals surface area contributed by atoms with Gasteiger partial charge >= 0.3 is 0 Å². The minimum atomic E-state index is 0.0661. The smallest absolute Gasteiger partial charge is 0.239 e. The molecule has 1 heterocycles. The highest BCUT2D eigenvalue weighted by Crippen LogP contribution is 2.24. The molecule has 1 fully saturated rings. The predicted octanol–water partition coefficient (Wildman–Crippen LogP) is 1.41. The number of carbonyl (C=O) groups is 1. The average molecular weight is 312 g/mol. The Bertz CT molecular complexity index is 450. The summed E-state index contributed by atoms with van der Waals surface area (Å²) in [6.07, 6.45) is 0.815. The lowest BCUT2D eigenvalue weighted by Crippen LogP contribution is -2.54. The molecule has 3 N–H and O–H groups in total. The second-order valence-corrected chi connectivity index (χ2v) is 5.51. The molecule has 0 radical (unpaired) electrons. The van der Waals surface area contributed by atoms with Crippen molar-refractivity contribution >= 4 is 27.5 Å². The molecule has 1 atom stereocenters. The van der Waals surface area contributed by atoms with Crippen molar-refractivity contribution < 1.29 is 4.79 Å². The van der Waals surface area contributed by atoms with E-state index in [0.29, 0.717) is 13.1 Å². The number of benzene rings is 1. The van der Waals surface area contributed by atoms with Crippen molar-refractivity contribution in [3.05, 3.63) is 28.2 Å². The van der Waals surface area contributed by atoms with Crippen LogP contribution in [0.25, 0.3) is 0 Å². The third-order valence-corrected chi connectivity index (χ3v) is 4.03. The van der Waals surface area contributed by atoms with E-state index in [1.165, 1.54) is 5.56 Å². The molecule has 1 aromatic rings. The van der Waals surface area contributed by atoms with Crippen molar-refractivity contribution in [2.45, 2.75) is 19.4 Å². The Morgan fingerprint density at radius 3 is 3.00 bits per heavy atom. The van der Waals surface area contributed by atoms with E-state index >= 15 is 0 Å². The zero-order chi connectivity index (χ0) is 13.1. The van der Waals surface area contributed by atoms with E-state index in [9.17, 15) is 4.79 Å². The third kappa shape index (κ3) is 3.03. The summed E-state index contributed by atoms with van der Waals surface area (Å²) in [5.41, 5.74) is 7.82. The first-order valence-corrected chi connectivity index (χ1v) is 6.90. The quantitative estimate of drug-likeness (QED) is 0.887. The molecule has 1 unspecified atom stereocenters. The van der Waals surface area contributed by atoms with Gasteiger partial charge < -0.3 is 16.0 Å². The van der Waals surface area contributed by atoms with Crippen molar-refractivity contribution in [2.24, 2.45) is 5.73 Å². The van der Waals surface area contributed by atoms with Crippen LogP contribution in [0.3, 0.4) is 0 Å². The van der Waals surface area contributed by atoms with Gasteiger partial charge in [0.05, 0.1) is 6.54 Å². The molecule has 0 saturated carbocycles. The molecule has 2 rings (SSSR count). The predicted molar refractivity (Wildman–Crippen MR) is 76.7 cm³/mol. The fourth-order valence-corrected chi connectivity index (χ4v) is 2.53. The normalized spacial score (nSPS) is 19.8. The molecule has 4 nitrogen and oxygen atoms in total. The Morgan fingerprint density at radius 1 is 1.56 bits per heavy atom. The summed E-state index contributed by atoms with van der Waals surface area (Å²) < 4.78 is 1.07. The Morgan fingerprint density at radius 2 is 2.33 bits per heavy atom. The van der Waals surface area contributed by atoms with Crippen LogP contribution in [0.2, 0.25) is 0 Å². The number of amides is 1. The van der Waals surface area contributed by atoms with Crippen LogP contribution in [0.15, 0.2) is 22.7 Å². The van der Waals surface area contributed by atoms with Gasteiger partial charge in [-0.1, -0.05) is 22.0 Å². The molecule has 1 amide bonds. The van der Waals surface area contributed by atoms with Crippen LogP contribution in [-0.4, -0.2) is 31.6 Å². The third-order valence-electron chi connectivity index (χ3n) is 3.18. The summed E-state index contributed by atoms with van der Waals surface area (Å²) in [4.78, 5) is 13.8. The summed E-state index contributed by atoms with van der Waals surface area (Å²) >= 11 is 3.53. The highest BCUT2D eigenvalue weighted by molar-refractivity contribution is 9.10. The Hall–Kier alpha value is -1.07. The number of carbonyl (C=O) groups excluding carboxylic acids is 1. The van der Waals surface area contributed by atoms with E-state index in [1.54, 1.807) is 0 Å². The molecule has 18 heavy (non-hydrogen) atoms. The zero-order valence-electron chi connectivity index (χ0n) is 10.4. The summed E-state index contributed by atoms with van der Waals surface area (Å²) in [7, 11) is 0. The van der Waals surface area contributed by atoms with Gasteiger partial charge in [-0.2, -0.15) is 0 Å². The number of nitrogens with zero attached hydrogens (tertiary/aromatic N) is 1. The van der Waals surface area contributed by atoms with Crippen molar-refractivity contribution in [1.29, 1.82) is 0 Å². The maximum Gasteiger partial charge on any atom is 0.239 e. The van der Waals surface area contributed by atoms with Gasteiger partial charge in [0.25, 0.3) is 0 Å². The summed E-state index contributed by atoms with van der Waals surface area (Å²) in [6.45, 7) is 3.87. The lowest BCUT2D eigenvalue weighted by molar-refractivity contribution is -0.121. The SMILES string of the molecule is Cc1ccc(N2CC(=O)NC(CCN)C2)cc1Br. The molecule has 1 aromatic carbocycles. The van der Waals surface area contributed by atoms with E-state index in [-0.39, 0.29) is 11.9 Å². The molecule has 1 aliphatic heterocycles. The molecule has 0 aromatic heterocycles. The molecule has 1 saturated heterocycles. The van der Waals surface area contributed by atoms with Crippen LogP contribution in [-0.2, 0) is 4.79 Å². The number of nitrogens with one attached hydrogen (secondary N) is 1. The molecule has 5 heteroatoms. The molecule has 0 aliphatic carbocycles. The molecule has 1 aliphatic rings. The monoisotopic (exact) mass is 311 g/mol. The molecule has 0 spiro atoms. The Balaban J connectivity index is 2.15. The van der Waals surface area contributed by atoms with Gasteiger partial charge in [-0.3, -0.25) is 4.79 Å². The van der Waals surface area contributed by atoms with Crippen molar-refractivity contribution in [2.75, 3.05) is 24.5 Å². The number of rotatable bonds is 3. The minimum Gasteiger partial charge on any atom is -0.360 e. The molecule has 0 bridgehead atoms. The van der Waals surface area contributed by atoms with Crippen LogP contribution in [0.1, 0.15) is 12.0 Å². The van der Waals surface area contributed by atoms with Crippen LogP contribution in [0, 0.1) is 6.92 Å². The Kier molecular flexibility index (Phi) is 4.24. The van der Waals surface area contributed by atoms with Gasteiger partial charge in [0.2, 0.25) is 5.91 Å². The second kappa shape index (κ2) is 5.71. The number of aryl methyl sites for hydroxylation is 1. The summed E-state index contributed by atoms with van der Waals surface area (Å²) in [5.74, 6) is 0.0661. The topological polar surface area (TPSA) is 58.4 Å². The van der Waals surface area contributed by atoms with E-state index in [2.05, 4.69) is 44.3 Å². The first-order valence-electron chi connectivity index (χ1n) is 6.10. The lowest BCUT2D eigenvalue weighted by atomic mass is 10.1. The summed E-state index contributed by atoms with van der Waals surface area (Å²) in [6, 6.07) is 6.33. The van der Waals surface area contributed by atoms with Crippen molar-refractivity contribution in [3.63, 3.8) is 0 Å².